The number of rotatable bonds is 4. The molecule has 1 aromatic heterocycles. The highest BCUT2D eigenvalue weighted by Gasteiger charge is 1.97. The van der Waals surface area contributed by atoms with Gasteiger partial charge in [-0.25, -0.2) is 0 Å². The third kappa shape index (κ3) is 2.07. The molecule has 0 amide bonds. The Morgan fingerprint density at radius 3 is 3.00 bits per heavy atom. The van der Waals surface area contributed by atoms with Gasteiger partial charge in [-0.3, -0.25) is 4.68 Å². The van der Waals surface area contributed by atoms with E-state index in [0.717, 1.165) is 13.0 Å². The summed E-state index contributed by atoms with van der Waals surface area (Å²) in [6.45, 7) is 5.38. The normalized spacial score (nSPS) is 10.4. The third-order valence-corrected chi connectivity index (χ3v) is 1.83. The van der Waals surface area contributed by atoms with Crippen molar-refractivity contribution >= 4 is 0 Å². The van der Waals surface area contributed by atoms with Crippen LogP contribution in [0.3, 0.4) is 0 Å². The molecule has 1 aromatic rings. The standard InChI is InChI=1S/C9H15N2/c1-3-5-8-11-9(4-2)6-7-10-11/h6H,3-5,8H2,1-2H3. The molecular formula is C9H15N2. The topological polar surface area (TPSA) is 17.8 Å². The summed E-state index contributed by atoms with van der Waals surface area (Å²) in [7, 11) is 0. The van der Waals surface area contributed by atoms with Gasteiger partial charge in [0.05, 0.1) is 0 Å². The smallest absolute Gasteiger partial charge is 0.113 e. The van der Waals surface area contributed by atoms with Crippen molar-refractivity contribution in [2.75, 3.05) is 0 Å². The van der Waals surface area contributed by atoms with E-state index in [1.807, 2.05) is 10.7 Å². The molecule has 0 spiro atoms. The Kier molecular flexibility index (Phi) is 3.14. The third-order valence-electron chi connectivity index (χ3n) is 1.83. The quantitative estimate of drug-likeness (QED) is 0.644. The minimum absolute atomic E-state index is 1.04. The molecule has 1 radical (unpaired) electrons. The lowest BCUT2D eigenvalue weighted by Gasteiger charge is -2.03. The number of nitrogens with zero attached hydrogens (tertiary/aromatic N) is 2. The van der Waals surface area contributed by atoms with Crippen molar-refractivity contribution in [1.29, 1.82) is 0 Å². The van der Waals surface area contributed by atoms with Gasteiger partial charge in [0.15, 0.2) is 0 Å². The second kappa shape index (κ2) is 4.16. The van der Waals surface area contributed by atoms with Crippen molar-refractivity contribution in [3.05, 3.63) is 18.0 Å². The minimum atomic E-state index is 1.04. The van der Waals surface area contributed by atoms with Gasteiger partial charge in [0.2, 0.25) is 0 Å². The highest BCUT2D eigenvalue weighted by molar-refractivity contribution is 4.98. The number of unbranched alkanes of at least 4 members (excludes halogenated alkanes) is 1. The van der Waals surface area contributed by atoms with Gasteiger partial charge in [-0.15, -0.1) is 0 Å². The van der Waals surface area contributed by atoms with Crippen LogP contribution in [0.4, 0.5) is 0 Å². The van der Waals surface area contributed by atoms with Crippen molar-refractivity contribution in [1.82, 2.24) is 9.78 Å². The summed E-state index contributed by atoms with van der Waals surface area (Å²) in [6, 6.07) is 1.97. The van der Waals surface area contributed by atoms with Gasteiger partial charge < -0.3 is 0 Å². The molecule has 0 saturated heterocycles. The summed E-state index contributed by atoms with van der Waals surface area (Å²) >= 11 is 0. The molecule has 61 valence electrons. The molecule has 0 aliphatic heterocycles. The Bertz CT molecular complexity index is 203. The van der Waals surface area contributed by atoms with Gasteiger partial charge in [0.25, 0.3) is 0 Å². The van der Waals surface area contributed by atoms with E-state index in [1.54, 1.807) is 0 Å². The lowest BCUT2D eigenvalue weighted by molar-refractivity contribution is 0.550. The van der Waals surface area contributed by atoms with E-state index < -0.39 is 0 Å². The van der Waals surface area contributed by atoms with E-state index in [0.29, 0.717) is 0 Å². The first kappa shape index (κ1) is 8.31. The Morgan fingerprint density at radius 1 is 1.55 bits per heavy atom. The first-order chi connectivity index (χ1) is 5.38. The second-order valence-corrected chi connectivity index (χ2v) is 2.70. The highest BCUT2D eigenvalue weighted by atomic mass is 15.3. The first-order valence-electron chi connectivity index (χ1n) is 4.31. The van der Waals surface area contributed by atoms with Crippen LogP contribution in [0.15, 0.2) is 6.07 Å². The van der Waals surface area contributed by atoms with Crippen molar-refractivity contribution < 1.29 is 0 Å². The van der Waals surface area contributed by atoms with Gasteiger partial charge in [-0.2, -0.15) is 5.10 Å². The Balaban J connectivity index is 2.54. The summed E-state index contributed by atoms with van der Waals surface area (Å²) in [5, 5.41) is 4.12. The fraction of sp³-hybridized carbons (Fsp3) is 0.667. The Morgan fingerprint density at radius 2 is 2.36 bits per heavy atom. The Labute approximate surface area is 68.2 Å². The summed E-state index contributed by atoms with van der Waals surface area (Å²) in [6.07, 6.45) is 6.36. The van der Waals surface area contributed by atoms with Crippen LogP contribution < -0.4 is 0 Å². The zero-order chi connectivity index (χ0) is 8.10. The molecule has 0 fully saturated rings. The van der Waals surface area contributed by atoms with E-state index in [4.69, 9.17) is 0 Å². The zero-order valence-electron chi connectivity index (χ0n) is 7.30. The second-order valence-electron chi connectivity index (χ2n) is 2.70. The predicted octanol–water partition coefficient (Wildman–Crippen LogP) is 2.05. The summed E-state index contributed by atoms with van der Waals surface area (Å²) in [5.74, 6) is 0. The summed E-state index contributed by atoms with van der Waals surface area (Å²) in [5.41, 5.74) is 1.29. The molecule has 2 heteroatoms. The molecule has 2 nitrogen and oxygen atoms in total. The summed E-state index contributed by atoms with van der Waals surface area (Å²) in [4.78, 5) is 0. The van der Waals surface area contributed by atoms with Crippen LogP contribution in [0, 0.1) is 6.20 Å². The van der Waals surface area contributed by atoms with Gasteiger partial charge in [-0.1, -0.05) is 20.3 Å². The van der Waals surface area contributed by atoms with Crippen LogP contribution >= 0.6 is 0 Å². The van der Waals surface area contributed by atoms with E-state index in [-0.39, 0.29) is 0 Å². The van der Waals surface area contributed by atoms with Crippen LogP contribution in [-0.2, 0) is 13.0 Å². The zero-order valence-corrected chi connectivity index (χ0v) is 7.30. The van der Waals surface area contributed by atoms with Crippen molar-refractivity contribution in [2.45, 2.75) is 39.7 Å². The van der Waals surface area contributed by atoms with E-state index in [9.17, 15) is 0 Å². The molecule has 1 rings (SSSR count). The van der Waals surface area contributed by atoms with Gasteiger partial charge in [0, 0.05) is 12.2 Å². The highest BCUT2D eigenvalue weighted by Crippen LogP contribution is 2.01. The number of aryl methyl sites for hydroxylation is 2. The lowest BCUT2D eigenvalue weighted by atomic mass is 10.3. The van der Waals surface area contributed by atoms with Crippen molar-refractivity contribution in [2.24, 2.45) is 0 Å². The van der Waals surface area contributed by atoms with Crippen LogP contribution in [0.1, 0.15) is 32.4 Å². The fourth-order valence-corrected chi connectivity index (χ4v) is 1.10. The average molecular weight is 151 g/mol. The first-order valence-corrected chi connectivity index (χ1v) is 4.31. The van der Waals surface area contributed by atoms with Gasteiger partial charge >= 0.3 is 0 Å². The number of aromatic nitrogens is 2. The summed E-state index contributed by atoms with van der Waals surface area (Å²) < 4.78 is 2.05. The molecular weight excluding hydrogens is 136 g/mol. The van der Waals surface area contributed by atoms with Crippen LogP contribution in [-0.4, -0.2) is 9.78 Å². The average Bonchev–Trinajstić information content (AvgIpc) is 2.47. The molecule has 0 aromatic carbocycles. The lowest BCUT2D eigenvalue weighted by Crippen LogP contribution is -2.03. The van der Waals surface area contributed by atoms with Crippen molar-refractivity contribution in [3.63, 3.8) is 0 Å². The molecule has 0 unspecified atom stereocenters. The molecule has 0 bridgehead atoms. The van der Waals surface area contributed by atoms with E-state index in [2.05, 4.69) is 25.1 Å². The molecule has 0 atom stereocenters. The SMILES string of the molecule is CCCCn1n[c]cc1CC. The molecule has 11 heavy (non-hydrogen) atoms. The molecule has 0 saturated carbocycles. The van der Waals surface area contributed by atoms with Gasteiger partial charge in [-0.05, 0) is 18.9 Å². The Hall–Kier alpha value is -0.790. The molecule has 0 aliphatic rings. The molecule has 0 N–H and O–H groups in total. The molecule has 1 heterocycles. The van der Waals surface area contributed by atoms with Crippen LogP contribution in [0.25, 0.3) is 0 Å². The maximum atomic E-state index is 4.12. The maximum Gasteiger partial charge on any atom is 0.113 e. The van der Waals surface area contributed by atoms with E-state index in [1.165, 1.54) is 18.5 Å². The van der Waals surface area contributed by atoms with E-state index >= 15 is 0 Å². The van der Waals surface area contributed by atoms with Gasteiger partial charge in [0.1, 0.15) is 6.20 Å². The number of hydrogen-bond donors (Lipinski definition) is 0. The molecule has 0 aliphatic carbocycles. The number of hydrogen-bond acceptors (Lipinski definition) is 1. The largest absolute Gasteiger partial charge is 0.269 e. The predicted molar refractivity (Wildman–Crippen MR) is 45.3 cm³/mol. The van der Waals surface area contributed by atoms with Crippen molar-refractivity contribution in [3.8, 4) is 0 Å². The van der Waals surface area contributed by atoms with Crippen LogP contribution in [0.2, 0.25) is 0 Å². The fourth-order valence-electron chi connectivity index (χ4n) is 1.10. The monoisotopic (exact) mass is 151 g/mol. The van der Waals surface area contributed by atoms with Crippen LogP contribution in [0.5, 0.6) is 0 Å². The minimum Gasteiger partial charge on any atom is -0.269 e. The maximum absolute atomic E-state index is 4.12.